The van der Waals surface area contributed by atoms with E-state index in [1.807, 2.05) is 0 Å². The maximum atomic E-state index is 12.5. The van der Waals surface area contributed by atoms with Crippen LogP contribution in [-0.2, 0) is 14.3 Å². The molecule has 3 N–H and O–H groups in total. The van der Waals surface area contributed by atoms with Crippen LogP contribution in [0.1, 0.15) is 328 Å². The lowest BCUT2D eigenvalue weighted by Gasteiger charge is -2.22. The lowest BCUT2D eigenvalue weighted by molar-refractivity contribution is -0.143. The summed E-state index contributed by atoms with van der Waals surface area (Å²) >= 11 is 0. The van der Waals surface area contributed by atoms with Gasteiger partial charge in [-0.1, -0.05) is 290 Å². The molecule has 0 spiro atoms. The Morgan fingerprint density at radius 2 is 0.651 bits per heavy atom. The van der Waals surface area contributed by atoms with Gasteiger partial charge in [-0.3, -0.25) is 9.59 Å². The molecule has 0 aromatic heterocycles. The average Bonchev–Trinajstić information content (AvgIpc) is 3.28. The Hall–Kier alpha value is -1.14. The van der Waals surface area contributed by atoms with Crippen LogP contribution in [0.4, 0.5) is 0 Å². The fourth-order valence-corrected chi connectivity index (χ4v) is 9.23. The SMILES string of the molecule is CCCCCCCCCCCCCCCCCC(=O)OCCCCCCCCCCCCCCCCCCCCC(=O)NC(CO)C(O)CCCCCCCCCCCCCCC. The van der Waals surface area contributed by atoms with Crippen molar-refractivity contribution in [2.45, 2.75) is 341 Å². The van der Waals surface area contributed by atoms with Crippen molar-refractivity contribution in [2.24, 2.45) is 0 Å². The summed E-state index contributed by atoms with van der Waals surface area (Å²) < 4.78 is 5.48. The number of aliphatic hydroxyl groups excluding tert-OH is 2. The van der Waals surface area contributed by atoms with Crippen molar-refractivity contribution in [2.75, 3.05) is 13.2 Å². The van der Waals surface area contributed by atoms with Crippen LogP contribution < -0.4 is 5.32 Å². The summed E-state index contributed by atoms with van der Waals surface area (Å²) in [5.41, 5.74) is 0. The van der Waals surface area contributed by atoms with Crippen molar-refractivity contribution in [1.82, 2.24) is 5.32 Å². The van der Waals surface area contributed by atoms with E-state index in [9.17, 15) is 19.8 Å². The number of nitrogens with one attached hydrogen (secondary N) is 1. The van der Waals surface area contributed by atoms with Crippen LogP contribution in [0.25, 0.3) is 0 Å². The smallest absolute Gasteiger partial charge is 0.305 e. The summed E-state index contributed by atoms with van der Waals surface area (Å²) in [4.78, 5) is 24.5. The molecule has 0 fully saturated rings. The fourth-order valence-electron chi connectivity index (χ4n) is 9.23. The predicted octanol–water partition coefficient (Wildman–Crippen LogP) is 17.5. The molecule has 2 unspecified atom stereocenters. The maximum Gasteiger partial charge on any atom is 0.305 e. The first-order valence-corrected chi connectivity index (χ1v) is 28.8. The lowest BCUT2D eigenvalue weighted by Crippen LogP contribution is -2.45. The topological polar surface area (TPSA) is 95.9 Å². The number of amides is 1. The molecule has 0 aliphatic heterocycles. The third-order valence-corrected chi connectivity index (χ3v) is 13.7. The van der Waals surface area contributed by atoms with E-state index in [4.69, 9.17) is 4.74 Å². The summed E-state index contributed by atoms with van der Waals surface area (Å²) in [7, 11) is 0. The average molecular weight is 893 g/mol. The van der Waals surface area contributed by atoms with Gasteiger partial charge in [-0.2, -0.15) is 0 Å². The number of rotatable bonds is 54. The van der Waals surface area contributed by atoms with Crippen molar-refractivity contribution in [3.63, 3.8) is 0 Å². The first-order chi connectivity index (χ1) is 31.0. The molecule has 63 heavy (non-hydrogen) atoms. The van der Waals surface area contributed by atoms with Gasteiger partial charge in [-0.05, 0) is 25.7 Å². The Morgan fingerprint density at radius 1 is 0.381 bits per heavy atom. The van der Waals surface area contributed by atoms with Gasteiger partial charge in [0.2, 0.25) is 5.91 Å². The predicted molar refractivity (Wildman–Crippen MR) is 274 cm³/mol. The maximum absolute atomic E-state index is 12.5. The zero-order valence-electron chi connectivity index (χ0n) is 42.8. The normalized spacial score (nSPS) is 12.5. The second kappa shape index (κ2) is 53.5. The molecule has 376 valence electrons. The van der Waals surface area contributed by atoms with E-state index >= 15 is 0 Å². The number of esters is 1. The van der Waals surface area contributed by atoms with Crippen LogP contribution in [0.2, 0.25) is 0 Å². The number of carbonyl (C=O) groups is 2. The van der Waals surface area contributed by atoms with E-state index in [-0.39, 0.29) is 18.5 Å². The number of aliphatic hydroxyl groups is 2. The van der Waals surface area contributed by atoms with E-state index in [0.29, 0.717) is 25.9 Å². The highest BCUT2D eigenvalue weighted by Crippen LogP contribution is 2.18. The first-order valence-electron chi connectivity index (χ1n) is 28.8. The van der Waals surface area contributed by atoms with E-state index in [1.165, 1.54) is 257 Å². The van der Waals surface area contributed by atoms with Gasteiger partial charge >= 0.3 is 5.97 Å². The lowest BCUT2D eigenvalue weighted by atomic mass is 10.0. The number of carbonyl (C=O) groups excluding carboxylic acids is 2. The molecule has 0 aliphatic rings. The quantitative estimate of drug-likeness (QED) is 0.0418. The van der Waals surface area contributed by atoms with Crippen molar-refractivity contribution in [3.8, 4) is 0 Å². The highest BCUT2D eigenvalue weighted by molar-refractivity contribution is 5.76. The van der Waals surface area contributed by atoms with Gasteiger partial charge in [0.25, 0.3) is 0 Å². The third kappa shape index (κ3) is 50.1. The Bertz CT molecular complexity index is 898. The molecule has 2 atom stereocenters. The van der Waals surface area contributed by atoms with Crippen LogP contribution in [-0.4, -0.2) is 47.4 Å². The molecule has 0 saturated carbocycles. The van der Waals surface area contributed by atoms with Gasteiger partial charge in [-0.25, -0.2) is 0 Å². The molecule has 6 nitrogen and oxygen atoms in total. The Kier molecular flexibility index (Phi) is 52.5. The molecule has 0 saturated heterocycles. The van der Waals surface area contributed by atoms with E-state index < -0.39 is 12.1 Å². The van der Waals surface area contributed by atoms with Crippen molar-refractivity contribution < 1.29 is 24.5 Å². The Labute approximate surface area is 394 Å². The molecule has 0 aromatic rings. The second-order valence-electron chi connectivity index (χ2n) is 20.0. The highest BCUT2D eigenvalue weighted by atomic mass is 16.5. The van der Waals surface area contributed by atoms with Gasteiger partial charge in [0, 0.05) is 12.8 Å². The molecule has 0 heterocycles. The summed E-state index contributed by atoms with van der Waals surface area (Å²) in [6.45, 7) is 4.97. The summed E-state index contributed by atoms with van der Waals surface area (Å²) in [6, 6.07) is -0.542. The number of hydrogen-bond donors (Lipinski definition) is 3. The Morgan fingerprint density at radius 3 is 0.968 bits per heavy atom. The molecule has 0 aromatic carbocycles. The molecule has 0 radical (unpaired) electrons. The van der Waals surface area contributed by atoms with E-state index in [1.54, 1.807) is 0 Å². The van der Waals surface area contributed by atoms with Crippen LogP contribution in [0.5, 0.6) is 0 Å². The zero-order chi connectivity index (χ0) is 45.8. The summed E-state index contributed by atoms with van der Waals surface area (Å²) in [5, 5.41) is 23.2. The van der Waals surface area contributed by atoms with Crippen molar-refractivity contribution in [3.05, 3.63) is 0 Å². The molecule has 1 amide bonds. The van der Waals surface area contributed by atoms with Crippen LogP contribution >= 0.6 is 0 Å². The number of ether oxygens (including phenoxy) is 1. The van der Waals surface area contributed by atoms with Crippen molar-refractivity contribution in [1.29, 1.82) is 0 Å². The van der Waals surface area contributed by atoms with Crippen LogP contribution in [0.15, 0.2) is 0 Å². The number of hydrogen-bond acceptors (Lipinski definition) is 5. The van der Waals surface area contributed by atoms with E-state index in [0.717, 1.165) is 38.5 Å². The van der Waals surface area contributed by atoms with Gasteiger partial charge in [-0.15, -0.1) is 0 Å². The van der Waals surface area contributed by atoms with E-state index in [2.05, 4.69) is 19.2 Å². The van der Waals surface area contributed by atoms with Gasteiger partial charge in [0.15, 0.2) is 0 Å². The van der Waals surface area contributed by atoms with Gasteiger partial charge in [0.05, 0.1) is 25.4 Å². The molecule has 6 heteroatoms. The molecule has 0 aliphatic carbocycles. The molecular weight excluding hydrogens is 779 g/mol. The largest absolute Gasteiger partial charge is 0.466 e. The first kappa shape index (κ1) is 61.9. The van der Waals surface area contributed by atoms with Crippen molar-refractivity contribution >= 4 is 11.9 Å². The van der Waals surface area contributed by atoms with Crippen LogP contribution in [0.3, 0.4) is 0 Å². The minimum absolute atomic E-state index is 0.0110. The highest BCUT2D eigenvalue weighted by Gasteiger charge is 2.20. The number of unbranched alkanes of at least 4 members (excludes halogenated alkanes) is 43. The fraction of sp³-hybridized carbons (Fsp3) is 0.965. The van der Waals surface area contributed by atoms with Gasteiger partial charge < -0.3 is 20.3 Å². The minimum Gasteiger partial charge on any atom is -0.466 e. The minimum atomic E-state index is -0.665. The molecule has 0 rings (SSSR count). The zero-order valence-corrected chi connectivity index (χ0v) is 42.8. The second-order valence-corrected chi connectivity index (χ2v) is 20.0. The van der Waals surface area contributed by atoms with Gasteiger partial charge in [0.1, 0.15) is 0 Å². The standard InChI is InChI=1S/C57H113NO5/c1-3-5-7-9-11-13-15-17-22-27-31-35-39-43-47-51-57(62)63-52-48-44-40-36-32-28-24-21-19-18-20-23-26-30-34-38-42-46-50-56(61)58-54(53-59)55(60)49-45-41-37-33-29-25-16-14-12-10-8-6-4-2/h54-55,59-60H,3-53H2,1-2H3,(H,58,61). The Balaban J connectivity index is 3.37. The third-order valence-electron chi connectivity index (χ3n) is 13.7. The summed E-state index contributed by atoms with van der Waals surface area (Å²) in [6.07, 6.45) is 60.9. The molecule has 0 bridgehead atoms. The molecular formula is C57H113NO5. The monoisotopic (exact) mass is 892 g/mol. The van der Waals surface area contributed by atoms with Crippen LogP contribution in [0, 0.1) is 0 Å². The summed E-state index contributed by atoms with van der Waals surface area (Å²) in [5.74, 6) is -0.0261.